The van der Waals surface area contributed by atoms with Crippen LogP contribution in [0, 0.1) is 0 Å². The highest BCUT2D eigenvalue weighted by atomic mass is 32.2. The summed E-state index contributed by atoms with van der Waals surface area (Å²) in [5.74, 6) is 2.79. The Bertz CT molecular complexity index is 839. The van der Waals surface area contributed by atoms with Crippen LogP contribution in [0.3, 0.4) is 0 Å². The number of allylic oxidation sites excluding steroid dienone is 1. The van der Waals surface area contributed by atoms with Crippen LogP contribution in [-0.4, -0.2) is 47.7 Å². The van der Waals surface area contributed by atoms with E-state index in [1.807, 2.05) is 17.8 Å². The fourth-order valence-electron chi connectivity index (χ4n) is 3.61. The van der Waals surface area contributed by atoms with Crippen LogP contribution >= 0.6 is 11.8 Å². The molecule has 28 heavy (non-hydrogen) atoms. The highest BCUT2D eigenvalue weighted by molar-refractivity contribution is 7.99. The molecule has 4 rings (SSSR count). The summed E-state index contributed by atoms with van der Waals surface area (Å²) >= 11 is 1.96. The number of aromatic nitrogens is 3. The standard InChI is InChI=1S/C21H29N5OS/c1-4-15(2)13-16-17(21(28-3)6-7-21)14-19(26-9-11-27-12-10-26)24-20(16)23-18-5-8-22-25-18/h5,8,13-14H,4,6-7,9-12H2,1-3H3,(H2,22,23,24,25). The molecular weight excluding hydrogens is 370 g/mol. The van der Waals surface area contributed by atoms with Crippen molar-refractivity contribution in [2.24, 2.45) is 0 Å². The average Bonchev–Trinajstić information content (AvgIpc) is 3.37. The molecule has 2 fully saturated rings. The normalized spacial score (nSPS) is 19.0. The Hall–Kier alpha value is -1.99. The average molecular weight is 400 g/mol. The minimum atomic E-state index is 0.203. The molecule has 150 valence electrons. The highest BCUT2D eigenvalue weighted by Crippen LogP contribution is 2.58. The van der Waals surface area contributed by atoms with E-state index in [-0.39, 0.29) is 4.75 Å². The van der Waals surface area contributed by atoms with Crippen LogP contribution in [0.4, 0.5) is 17.5 Å². The van der Waals surface area contributed by atoms with Gasteiger partial charge in [0.25, 0.3) is 0 Å². The summed E-state index contributed by atoms with van der Waals surface area (Å²) < 4.78 is 5.75. The molecule has 0 amide bonds. The van der Waals surface area contributed by atoms with Crippen molar-refractivity contribution in [1.82, 2.24) is 15.2 Å². The Morgan fingerprint density at radius 1 is 1.39 bits per heavy atom. The van der Waals surface area contributed by atoms with Gasteiger partial charge in [-0.15, -0.1) is 0 Å². The summed E-state index contributed by atoms with van der Waals surface area (Å²) in [6, 6.07) is 4.26. The number of morpholine rings is 1. The molecule has 0 unspecified atom stereocenters. The molecule has 2 aliphatic rings. The second-order valence-electron chi connectivity index (χ2n) is 7.53. The van der Waals surface area contributed by atoms with Gasteiger partial charge >= 0.3 is 0 Å². The molecule has 2 aromatic rings. The van der Waals surface area contributed by atoms with E-state index in [2.05, 4.69) is 52.7 Å². The Kier molecular flexibility index (Phi) is 5.64. The molecule has 1 saturated carbocycles. The van der Waals surface area contributed by atoms with E-state index in [9.17, 15) is 0 Å². The number of nitrogens with zero attached hydrogens (tertiary/aromatic N) is 3. The van der Waals surface area contributed by atoms with Crippen LogP contribution in [0.15, 0.2) is 23.9 Å². The van der Waals surface area contributed by atoms with Crippen LogP contribution in [-0.2, 0) is 9.48 Å². The van der Waals surface area contributed by atoms with E-state index in [0.717, 1.165) is 50.2 Å². The number of pyridine rings is 1. The third-order valence-corrected chi connectivity index (χ3v) is 7.08. The zero-order valence-corrected chi connectivity index (χ0v) is 17.7. The zero-order valence-electron chi connectivity index (χ0n) is 16.9. The molecule has 6 nitrogen and oxygen atoms in total. The van der Waals surface area contributed by atoms with E-state index in [1.54, 1.807) is 6.20 Å². The molecule has 2 N–H and O–H groups in total. The number of H-pyrrole nitrogens is 1. The lowest BCUT2D eigenvalue weighted by Crippen LogP contribution is -2.37. The first kappa shape index (κ1) is 19.3. The lowest BCUT2D eigenvalue weighted by atomic mass is 10.0. The molecule has 0 radical (unpaired) electrons. The van der Waals surface area contributed by atoms with Gasteiger partial charge in [-0.05, 0) is 44.1 Å². The first-order valence-corrected chi connectivity index (χ1v) is 11.2. The summed E-state index contributed by atoms with van der Waals surface area (Å²) in [5, 5.41) is 10.6. The van der Waals surface area contributed by atoms with Crippen LogP contribution in [0.25, 0.3) is 6.08 Å². The van der Waals surface area contributed by atoms with Gasteiger partial charge in [-0.25, -0.2) is 4.98 Å². The van der Waals surface area contributed by atoms with Gasteiger partial charge < -0.3 is 15.0 Å². The smallest absolute Gasteiger partial charge is 0.141 e. The summed E-state index contributed by atoms with van der Waals surface area (Å²) in [7, 11) is 0. The predicted octanol–water partition coefficient (Wildman–Crippen LogP) is 4.55. The molecular formula is C21H29N5OS. The number of ether oxygens (including phenoxy) is 1. The van der Waals surface area contributed by atoms with Gasteiger partial charge in [0.05, 0.1) is 19.4 Å². The molecule has 0 bridgehead atoms. The molecule has 7 heteroatoms. The van der Waals surface area contributed by atoms with E-state index >= 15 is 0 Å². The first-order chi connectivity index (χ1) is 13.6. The lowest BCUT2D eigenvalue weighted by Gasteiger charge is -2.30. The summed E-state index contributed by atoms with van der Waals surface area (Å²) in [6.45, 7) is 7.66. The quantitative estimate of drug-likeness (QED) is 0.712. The van der Waals surface area contributed by atoms with Gasteiger partial charge in [-0.1, -0.05) is 18.6 Å². The van der Waals surface area contributed by atoms with Crippen molar-refractivity contribution in [1.29, 1.82) is 0 Å². The lowest BCUT2D eigenvalue weighted by molar-refractivity contribution is 0.122. The molecule has 0 spiro atoms. The number of anilines is 3. The van der Waals surface area contributed by atoms with Gasteiger partial charge in [0.2, 0.25) is 0 Å². The van der Waals surface area contributed by atoms with E-state index in [1.165, 1.54) is 29.5 Å². The van der Waals surface area contributed by atoms with Crippen molar-refractivity contribution in [3.05, 3.63) is 35.0 Å². The number of hydrogen-bond donors (Lipinski definition) is 2. The fourth-order valence-corrected chi connectivity index (χ4v) is 4.51. The Balaban J connectivity index is 1.85. The Morgan fingerprint density at radius 2 is 2.18 bits per heavy atom. The molecule has 1 saturated heterocycles. The minimum absolute atomic E-state index is 0.203. The van der Waals surface area contributed by atoms with Gasteiger partial charge in [0.1, 0.15) is 17.5 Å². The second-order valence-corrected chi connectivity index (χ2v) is 8.72. The third-order valence-electron chi connectivity index (χ3n) is 5.67. The van der Waals surface area contributed by atoms with Crippen LogP contribution < -0.4 is 10.2 Å². The Labute approximate surface area is 171 Å². The number of nitrogens with one attached hydrogen (secondary N) is 2. The SMILES string of the molecule is CCC(C)=Cc1c(C2(SC)CC2)cc(N2CCOCC2)nc1Nc1ccn[nH]1. The monoisotopic (exact) mass is 399 g/mol. The van der Waals surface area contributed by atoms with Gasteiger partial charge in [0.15, 0.2) is 0 Å². The van der Waals surface area contributed by atoms with Crippen molar-refractivity contribution in [2.75, 3.05) is 42.8 Å². The maximum Gasteiger partial charge on any atom is 0.141 e. The van der Waals surface area contributed by atoms with Crippen LogP contribution in [0.1, 0.15) is 44.2 Å². The second kappa shape index (κ2) is 8.17. The van der Waals surface area contributed by atoms with Crippen molar-refractivity contribution < 1.29 is 4.74 Å². The maximum absolute atomic E-state index is 5.55. The summed E-state index contributed by atoms with van der Waals surface area (Å²) in [5.41, 5.74) is 3.95. The van der Waals surface area contributed by atoms with Crippen LogP contribution in [0.5, 0.6) is 0 Å². The van der Waals surface area contributed by atoms with E-state index < -0.39 is 0 Å². The molecule has 0 atom stereocenters. The number of aromatic amines is 1. The summed E-state index contributed by atoms with van der Waals surface area (Å²) in [6.07, 6.45) is 9.75. The minimum Gasteiger partial charge on any atom is -0.378 e. The van der Waals surface area contributed by atoms with Gasteiger partial charge in [-0.2, -0.15) is 16.9 Å². The zero-order chi connectivity index (χ0) is 19.6. The molecule has 2 aromatic heterocycles. The Morgan fingerprint density at radius 3 is 2.79 bits per heavy atom. The third kappa shape index (κ3) is 3.91. The summed E-state index contributed by atoms with van der Waals surface area (Å²) in [4.78, 5) is 7.39. The fraction of sp³-hybridized carbons (Fsp3) is 0.524. The van der Waals surface area contributed by atoms with Crippen molar-refractivity contribution in [3.8, 4) is 0 Å². The van der Waals surface area contributed by atoms with Gasteiger partial charge in [0, 0.05) is 29.5 Å². The predicted molar refractivity (Wildman–Crippen MR) is 118 cm³/mol. The highest BCUT2D eigenvalue weighted by Gasteiger charge is 2.46. The number of hydrogen-bond acceptors (Lipinski definition) is 6. The molecule has 3 heterocycles. The maximum atomic E-state index is 5.55. The van der Waals surface area contributed by atoms with Crippen molar-refractivity contribution >= 4 is 35.3 Å². The largest absolute Gasteiger partial charge is 0.378 e. The van der Waals surface area contributed by atoms with E-state index in [0.29, 0.717) is 0 Å². The van der Waals surface area contributed by atoms with Crippen molar-refractivity contribution in [2.45, 2.75) is 37.9 Å². The molecule has 1 aliphatic carbocycles. The van der Waals surface area contributed by atoms with Crippen molar-refractivity contribution in [3.63, 3.8) is 0 Å². The van der Waals surface area contributed by atoms with Gasteiger partial charge in [-0.3, -0.25) is 5.10 Å². The molecule has 1 aliphatic heterocycles. The van der Waals surface area contributed by atoms with E-state index in [4.69, 9.17) is 9.72 Å². The topological polar surface area (TPSA) is 66.1 Å². The first-order valence-electron chi connectivity index (χ1n) is 10.0. The number of rotatable bonds is 7. The van der Waals surface area contributed by atoms with Crippen LogP contribution in [0.2, 0.25) is 0 Å². The number of thioether (sulfide) groups is 1. The molecule has 0 aromatic carbocycles.